The molecule has 2 atom stereocenters. The quantitative estimate of drug-likeness (QED) is 0.168. The second-order valence-electron chi connectivity index (χ2n) is 7.67. The van der Waals surface area contributed by atoms with Crippen LogP contribution in [0.4, 0.5) is 0 Å². The zero-order chi connectivity index (χ0) is 27.7. The number of hydrogen-bond acceptors (Lipinski definition) is 10. The van der Waals surface area contributed by atoms with Crippen molar-refractivity contribution in [3.8, 4) is 0 Å². The van der Waals surface area contributed by atoms with Crippen LogP contribution in [0.25, 0.3) is 0 Å². The summed E-state index contributed by atoms with van der Waals surface area (Å²) in [6.45, 7) is 9.44. The lowest BCUT2D eigenvalue weighted by Gasteiger charge is -2.26. The Bertz CT molecular complexity index is 870. The number of rotatable bonds is 12. The van der Waals surface area contributed by atoms with Gasteiger partial charge in [-0.2, -0.15) is 0 Å². The molecule has 0 aromatic heterocycles. The molecular weight excluding hydrogens is 480 g/mol. The first kappa shape index (κ1) is 32.0. The van der Waals surface area contributed by atoms with Crippen molar-refractivity contribution in [3.05, 3.63) is 36.5 Å². The highest BCUT2D eigenvalue weighted by atomic mass is 16.6. The average molecular weight is 513 g/mol. The van der Waals surface area contributed by atoms with E-state index in [-0.39, 0.29) is 37.6 Å². The Hall–Kier alpha value is -3.96. The fraction of sp³-hybridized carbons (Fsp3) is 0.500. The van der Waals surface area contributed by atoms with Crippen molar-refractivity contribution in [3.63, 3.8) is 0 Å². The Labute approximate surface area is 208 Å². The van der Waals surface area contributed by atoms with Crippen LogP contribution in [0, 0.1) is 11.8 Å². The molecule has 0 bridgehead atoms. The summed E-state index contributed by atoms with van der Waals surface area (Å²) in [5, 5.41) is 17.3. The van der Waals surface area contributed by atoms with E-state index in [0.29, 0.717) is 18.9 Å². The molecule has 1 aliphatic carbocycles. The van der Waals surface area contributed by atoms with E-state index in [1.807, 2.05) is 0 Å². The van der Waals surface area contributed by atoms with Crippen LogP contribution in [-0.4, -0.2) is 72.5 Å². The van der Waals surface area contributed by atoms with Crippen molar-refractivity contribution in [2.75, 3.05) is 26.4 Å². The minimum absolute atomic E-state index is 0.0537. The lowest BCUT2D eigenvalue weighted by Crippen LogP contribution is -2.34. The van der Waals surface area contributed by atoms with Crippen LogP contribution in [0.2, 0.25) is 0 Å². The molecule has 0 aromatic rings. The summed E-state index contributed by atoms with van der Waals surface area (Å²) in [7, 11) is 0. The molecule has 1 aliphatic rings. The first-order valence-corrected chi connectivity index (χ1v) is 11.0. The maximum atomic E-state index is 11.8. The van der Waals surface area contributed by atoms with Crippen LogP contribution in [0.15, 0.2) is 36.5 Å². The summed E-state index contributed by atoms with van der Waals surface area (Å²) < 4.78 is 18.9. The van der Waals surface area contributed by atoms with Gasteiger partial charge in [-0.25, -0.2) is 19.2 Å². The molecule has 1 rings (SSSR count). The van der Waals surface area contributed by atoms with Gasteiger partial charge in [-0.05, 0) is 26.7 Å². The molecule has 0 saturated heterocycles. The number of aliphatic carboxylic acids is 2. The molecule has 0 radical (unpaired) electrons. The molecule has 12 heteroatoms. The highest BCUT2D eigenvalue weighted by Crippen LogP contribution is 2.31. The standard InChI is InChI=1S/C14H20O6.C10H12O6/c1-9(2)13(17)19-7-8-20-14(18)11-6-4-3-5-10(11)12(15)16;1-7(2)10(14)16-6-5-15-9(13)4-3-8(11)12/h10-11H,1,3-8H2,2H3,(H,15,16);3-4H,1,5-6H2,2H3,(H,11,12)/b;4-3-. The minimum atomic E-state index is -1.24. The van der Waals surface area contributed by atoms with E-state index in [0.717, 1.165) is 18.9 Å². The van der Waals surface area contributed by atoms with Crippen LogP contribution in [0.5, 0.6) is 0 Å². The first-order valence-electron chi connectivity index (χ1n) is 11.0. The van der Waals surface area contributed by atoms with Gasteiger partial charge in [0, 0.05) is 23.3 Å². The van der Waals surface area contributed by atoms with E-state index in [9.17, 15) is 28.8 Å². The predicted octanol–water partition coefficient (Wildman–Crippen LogP) is 1.83. The van der Waals surface area contributed by atoms with Gasteiger partial charge in [-0.3, -0.25) is 9.59 Å². The molecular formula is C24H32O12. The van der Waals surface area contributed by atoms with Gasteiger partial charge >= 0.3 is 35.8 Å². The summed E-state index contributed by atoms with van der Waals surface area (Å²) in [6.07, 6.45) is 4.09. The molecule has 1 fully saturated rings. The number of carbonyl (C=O) groups is 6. The molecule has 2 N–H and O–H groups in total. The van der Waals surface area contributed by atoms with Crippen molar-refractivity contribution in [1.29, 1.82) is 0 Å². The molecule has 200 valence electrons. The largest absolute Gasteiger partial charge is 0.481 e. The van der Waals surface area contributed by atoms with Crippen LogP contribution in [0.3, 0.4) is 0 Å². The summed E-state index contributed by atoms with van der Waals surface area (Å²) in [5.41, 5.74) is 0.520. The highest BCUT2D eigenvalue weighted by molar-refractivity contribution is 5.90. The Morgan fingerprint density at radius 3 is 1.61 bits per heavy atom. The zero-order valence-electron chi connectivity index (χ0n) is 20.4. The molecule has 12 nitrogen and oxygen atoms in total. The Balaban J connectivity index is 0.000000700. The SMILES string of the molecule is C=C(C)C(=O)OCCOC(=O)/C=C\C(=O)O.C=C(C)C(=O)OCCOC(=O)C1CCCCC1C(=O)O. The maximum absolute atomic E-state index is 11.8. The van der Waals surface area contributed by atoms with E-state index in [2.05, 4.69) is 22.6 Å². The third-order valence-corrected chi connectivity index (χ3v) is 4.57. The van der Waals surface area contributed by atoms with Crippen molar-refractivity contribution in [2.45, 2.75) is 39.5 Å². The number of ether oxygens (including phenoxy) is 4. The van der Waals surface area contributed by atoms with Gasteiger partial charge in [-0.15, -0.1) is 0 Å². The van der Waals surface area contributed by atoms with Crippen molar-refractivity contribution in [1.82, 2.24) is 0 Å². The lowest BCUT2D eigenvalue weighted by molar-refractivity contribution is -0.161. The van der Waals surface area contributed by atoms with E-state index in [1.54, 1.807) is 0 Å². The molecule has 0 amide bonds. The highest BCUT2D eigenvalue weighted by Gasteiger charge is 2.36. The minimum Gasteiger partial charge on any atom is -0.481 e. The van der Waals surface area contributed by atoms with Crippen molar-refractivity contribution < 1.29 is 57.9 Å². The molecule has 0 heterocycles. The van der Waals surface area contributed by atoms with E-state index in [1.165, 1.54) is 13.8 Å². The Morgan fingerprint density at radius 1 is 0.722 bits per heavy atom. The average Bonchev–Trinajstić information content (AvgIpc) is 2.82. The van der Waals surface area contributed by atoms with E-state index < -0.39 is 47.7 Å². The summed E-state index contributed by atoms with van der Waals surface area (Å²) in [6, 6.07) is 0. The van der Waals surface area contributed by atoms with E-state index in [4.69, 9.17) is 19.7 Å². The third kappa shape index (κ3) is 14.3. The van der Waals surface area contributed by atoms with Gasteiger partial charge in [0.25, 0.3) is 0 Å². The Morgan fingerprint density at radius 2 is 1.17 bits per heavy atom. The first-order chi connectivity index (χ1) is 16.9. The number of carbonyl (C=O) groups excluding carboxylic acids is 4. The van der Waals surface area contributed by atoms with Crippen molar-refractivity contribution >= 4 is 35.8 Å². The second-order valence-corrected chi connectivity index (χ2v) is 7.67. The molecule has 36 heavy (non-hydrogen) atoms. The van der Waals surface area contributed by atoms with Crippen LogP contribution < -0.4 is 0 Å². The number of carboxylic acids is 2. The van der Waals surface area contributed by atoms with Gasteiger partial charge in [-0.1, -0.05) is 26.0 Å². The third-order valence-electron chi connectivity index (χ3n) is 4.57. The Kier molecular flexibility index (Phi) is 15.5. The fourth-order valence-electron chi connectivity index (χ4n) is 2.80. The van der Waals surface area contributed by atoms with Gasteiger partial charge in [0.05, 0.1) is 11.8 Å². The maximum Gasteiger partial charge on any atom is 0.333 e. The summed E-state index contributed by atoms with van der Waals surface area (Å²) >= 11 is 0. The monoisotopic (exact) mass is 512 g/mol. The molecule has 0 aromatic carbocycles. The van der Waals surface area contributed by atoms with E-state index >= 15 is 0 Å². The smallest absolute Gasteiger partial charge is 0.333 e. The molecule has 2 unspecified atom stereocenters. The number of carboxylic acid groups (broad SMARTS) is 2. The predicted molar refractivity (Wildman–Crippen MR) is 123 cm³/mol. The number of esters is 4. The van der Waals surface area contributed by atoms with Crippen LogP contribution >= 0.6 is 0 Å². The molecule has 1 saturated carbocycles. The second kappa shape index (κ2) is 17.5. The van der Waals surface area contributed by atoms with Gasteiger partial charge in [0.15, 0.2) is 0 Å². The van der Waals surface area contributed by atoms with Gasteiger partial charge in [0.1, 0.15) is 26.4 Å². The van der Waals surface area contributed by atoms with Crippen LogP contribution in [-0.2, 0) is 47.7 Å². The van der Waals surface area contributed by atoms with Gasteiger partial charge in [0.2, 0.25) is 0 Å². The lowest BCUT2D eigenvalue weighted by atomic mass is 9.79. The topological polar surface area (TPSA) is 180 Å². The normalized spacial score (nSPS) is 16.5. The summed E-state index contributed by atoms with van der Waals surface area (Å²) in [5.74, 6) is -5.92. The van der Waals surface area contributed by atoms with Gasteiger partial charge < -0.3 is 29.2 Å². The zero-order valence-corrected chi connectivity index (χ0v) is 20.4. The van der Waals surface area contributed by atoms with Crippen LogP contribution in [0.1, 0.15) is 39.5 Å². The fourth-order valence-corrected chi connectivity index (χ4v) is 2.80. The van der Waals surface area contributed by atoms with Crippen molar-refractivity contribution in [2.24, 2.45) is 11.8 Å². The summed E-state index contributed by atoms with van der Waals surface area (Å²) in [4.78, 5) is 65.7. The molecule has 0 aliphatic heterocycles. The number of hydrogen-bond donors (Lipinski definition) is 2. The molecule has 0 spiro atoms.